The number of carbonyl (C=O) groups excluding carboxylic acids is 1. The van der Waals surface area contributed by atoms with Crippen LogP contribution in [0.1, 0.15) is 25.0 Å². The lowest BCUT2D eigenvalue weighted by atomic mass is 10.1. The smallest absolute Gasteiger partial charge is 0.224 e. The van der Waals surface area contributed by atoms with Gasteiger partial charge in [-0.3, -0.25) is 4.79 Å². The van der Waals surface area contributed by atoms with Gasteiger partial charge in [0.05, 0.1) is 11.4 Å². The molecule has 0 aromatic heterocycles. The summed E-state index contributed by atoms with van der Waals surface area (Å²) in [6.07, 6.45) is 0.367. The summed E-state index contributed by atoms with van der Waals surface area (Å²) in [6.45, 7) is 4.42. The minimum atomic E-state index is -0.417. The fourth-order valence-electron chi connectivity index (χ4n) is 2.15. The highest BCUT2D eigenvalue weighted by atomic mass is 35.5. The van der Waals surface area contributed by atoms with Crippen LogP contribution in [-0.2, 0) is 17.8 Å². The van der Waals surface area contributed by atoms with Crippen LogP contribution in [0.15, 0.2) is 42.5 Å². The van der Waals surface area contributed by atoms with E-state index in [1.54, 1.807) is 12.1 Å². The van der Waals surface area contributed by atoms with Gasteiger partial charge in [-0.15, -0.1) is 0 Å². The number of carbonyl (C=O) groups is 1. The molecule has 2 rings (SSSR count). The maximum atomic E-state index is 13.1. The van der Waals surface area contributed by atoms with Gasteiger partial charge in [-0.25, -0.2) is 4.39 Å². The first-order valence-corrected chi connectivity index (χ1v) is 7.88. The van der Waals surface area contributed by atoms with E-state index in [1.165, 1.54) is 6.07 Å². The summed E-state index contributed by atoms with van der Waals surface area (Å²) in [7, 11) is 0. The van der Waals surface area contributed by atoms with Crippen LogP contribution in [-0.4, -0.2) is 11.9 Å². The molecule has 0 atom stereocenters. The van der Waals surface area contributed by atoms with Gasteiger partial charge in [-0.1, -0.05) is 29.8 Å². The van der Waals surface area contributed by atoms with Gasteiger partial charge in [0.15, 0.2) is 0 Å². The lowest BCUT2D eigenvalue weighted by Gasteiger charge is -2.10. The molecule has 0 heterocycles. The van der Waals surface area contributed by atoms with E-state index in [2.05, 4.69) is 10.6 Å². The van der Waals surface area contributed by atoms with Crippen molar-refractivity contribution in [2.24, 2.45) is 0 Å². The van der Waals surface area contributed by atoms with E-state index in [1.807, 2.05) is 38.1 Å². The van der Waals surface area contributed by atoms with E-state index in [-0.39, 0.29) is 17.0 Å². The van der Waals surface area contributed by atoms with Gasteiger partial charge >= 0.3 is 0 Å². The Kier molecular flexibility index (Phi) is 5.99. The average molecular weight is 335 g/mol. The summed E-state index contributed by atoms with van der Waals surface area (Å²) < 4.78 is 13.1. The third kappa shape index (κ3) is 5.57. The molecule has 23 heavy (non-hydrogen) atoms. The molecule has 3 nitrogen and oxygen atoms in total. The summed E-state index contributed by atoms with van der Waals surface area (Å²) in [4.78, 5) is 11.7. The molecule has 0 aliphatic heterocycles. The summed E-state index contributed by atoms with van der Waals surface area (Å²) in [6, 6.07) is 12.5. The quantitative estimate of drug-likeness (QED) is 0.833. The molecule has 2 aromatic rings. The molecule has 122 valence electrons. The first kappa shape index (κ1) is 17.3. The molecule has 1 amide bonds. The van der Waals surface area contributed by atoms with Crippen LogP contribution in [0.25, 0.3) is 0 Å². The fraction of sp³-hybridized carbons (Fsp3) is 0.278. The van der Waals surface area contributed by atoms with E-state index >= 15 is 0 Å². The van der Waals surface area contributed by atoms with Crippen LogP contribution in [0.3, 0.4) is 0 Å². The molecule has 2 N–H and O–H groups in total. The number of benzene rings is 2. The van der Waals surface area contributed by atoms with Crippen molar-refractivity contribution >= 4 is 23.2 Å². The van der Waals surface area contributed by atoms with Gasteiger partial charge in [0.1, 0.15) is 5.82 Å². The highest BCUT2D eigenvalue weighted by Gasteiger charge is 2.05. The molecule has 0 unspecified atom stereocenters. The van der Waals surface area contributed by atoms with E-state index in [0.29, 0.717) is 13.0 Å². The molecule has 0 bridgehead atoms. The highest BCUT2D eigenvalue weighted by Crippen LogP contribution is 2.17. The first-order valence-electron chi connectivity index (χ1n) is 7.50. The second-order valence-corrected chi connectivity index (χ2v) is 6.11. The molecule has 0 fully saturated rings. The molecule has 0 spiro atoms. The first-order chi connectivity index (χ1) is 10.9. The molecule has 0 aliphatic rings. The fourth-order valence-corrected chi connectivity index (χ4v) is 2.36. The second-order valence-electron chi connectivity index (χ2n) is 5.70. The Bertz CT molecular complexity index is 671. The van der Waals surface area contributed by atoms with Gasteiger partial charge in [0.2, 0.25) is 5.91 Å². The maximum Gasteiger partial charge on any atom is 0.224 e. The monoisotopic (exact) mass is 334 g/mol. The number of rotatable bonds is 6. The SMILES string of the molecule is CC(C)NC(=O)Cc1ccc(NCc2ccc(F)c(Cl)c2)cc1. The highest BCUT2D eigenvalue weighted by molar-refractivity contribution is 6.30. The Hall–Kier alpha value is -2.07. The molecule has 0 saturated heterocycles. The van der Waals surface area contributed by atoms with Crippen LogP contribution >= 0.6 is 11.6 Å². The van der Waals surface area contributed by atoms with E-state index in [9.17, 15) is 9.18 Å². The Morgan fingerprint density at radius 3 is 2.39 bits per heavy atom. The van der Waals surface area contributed by atoms with Crippen molar-refractivity contribution in [3.63, 3.8) is 0 Å². The van der Waals surface area contributed by atoms with E-state index in [0.717, 1.165) is 16.8 Å². The van der Waals surface area contributed by atoms with Crippen molar-refractivity contribution in [3.05, 3.63) is 64.4 Å². The van der Waals surface area contributed by atoms with Gasteiger partial charge in [0.25, 0.3) is 0 Å². The minimum Gasteiger partial charge on any atom is -0.381 e. The van der Waals surface area contributed by atoms with Crippen LogP contribution in [0.2, 0.25) is 5.02 Å². The summed E-state index contributed by atoms with van der Waals surface area (Å²) in [5.41, 5.74) is 2.79. The Balaban J connectivity index is 1.89. The molecule has 2 aromatic carbocycles. The standard InChI is InChI=1S/C18H20ClFN2O/c1-12(2)22-18(23)10-13-3-6-15(7-4-13)21-11-14-5-8-17(20)16(19)9-14/h3-9,12,21H,10-11H2,1-2H3,(H,22,23). The zero-order valence-corrected chi connectivity index (χ0v) is 14.0. The van der Waals surface area contributed by atoms with Gasteiger partial charge < -0.3 is 10.6 Å². The van der Waals surface area contributed by atoms with Gasteiger partial charge in [-0.05, 0) is 49.2 Å². The molecular formula is C18H20ClFN2O. The maximum absolute atomic E-state index is 13.1. The van der Waals surface area contributed by atoms with Crippen LogP contribution in [0.5, 0.6) is 0 Å². The molecule has 0 saturated carbocycles. The third-order valence-corrected chi connectivity index (χ3v) is 3.54. The van der Waals surface area contributed by atoms with Crippen molar-refractivity contribution < 1.29 is 9.18 Å². The number of nitrogens with one attached hydrogen (secondary N) is 2. The summed E-state index contributed by atoms with van der Waals surface area (Å²) >= 11 is 5.76. The van der Waals surface area contributed by atoms with Crippen molar-refractivity contribution in [2.45, 2.75) is 32.9 Å². The molecule has 5 heteroatoms. The lowest BCUT2D eigenvalue weighted by molar-refractivity contribution is -0.120. The number of hydrogen-bond acceptors (Lipinski definition) is 2. The zero-order valence-electron chi connectivity index (χ0n) is 13.2. The van der Waals surface area contributed by atoms with Crippen LogP contribution in [0.4, 0.5) is 10.1 Å². The van der Waals surface area contributed by atoms with E-state index in [4.69, 9.17) is 11.6 Å². The topological polar surface area (TPSA) is 41.1 Å². The molecular weight excluding hydrogens is 315 g/mol. The summed E-state index contributed by atoms with van der Waals surface area (Å²) in [5.74, 6) is -0.402. The normalized spacial score (nSPS) is 10.7. The van der Waals surface area contributed by atoms with Crippen molar-refractivity contribution in [2.75, 3.05) is 5.32 Å². The van der Waals surface area contributed by atoms with E-state index < -0.39 is 5.82 Å². The van der Waals surface area contributed by atoms with Crippen molar-refractivity contribution in [3.8, 4) is 0 Å². The largest absolute Gasteiger partial charge is 0.381 e. The average Bonchev–Trinajstić information content (AvgIpc) is 2.49. The van der Waals surface area contributed by atoms with Crippen molar-refractivity contribution in [1.29, 1.82) is 0 Å². The molecule has 0 aliphatic carbocycles. The Morgan fingerprint density at radius 1 is 1.13 bits per heavy atom. The Morgan fingerprint density at radius 2 is 1.78 bits per heavy atom. The number of amides is 1. The second kappa shape index (κ2) is 7.97. The van der Waals surface area contributed by atoms with Gasteiger partial charge in [0, 0.05) is 18.3 Å². The lowest BCUT2D eigenvalue weighted by Crippen LogP contribution is -2.31. The number of anilines is 1. The number of hydrogen-bond donors (Lipinski definition) is 2. The van der Waals surface area contributed by atoms with Gasteiger partial charge in [-0.2, -0.15) is 0 Å². The predicted molar refractivity (Wildman–Crippen MR) is 92.2 cm³/mol. The van der Waals surface area contributed by atoms with Crippen LogP contribution in [0, 0.1) is 5.82 Å². The third-order valence-electron chi connectivity index (χ3n) is 3.25. The molecule has 0 radical (unpaired) electrons. The summed E-state index contributed by atoms with van der Waals surface area (Å²) in [5, 5.41) is 6.22. The minimum absolute atomic E-state index is 0.0154. The predicted octanol–water partition coefficient (Wildman–Crippen LogP) is 4.16. The van der Waals surface area contributed by atoms with Crippen LogP contribution < -0.4 is 10.6 Å². The Labute approximate surface area is 140 Å². The number of halogens is 2. The zero-order chi connectivity index (χ0) is 16.8. The van der Waals surface area contributed by atoms with Crippen molar-refractivity contribution in [1.82, 2.24) is 5.32 Å².